The fourth-order valence-electron chi connectivity index (χ4n) is 2.04. The molecule has 19 heavy (non-hydrogen) atoms. The minimum Gasteiger partial charge on any atom is -0.393 e. The van der Waals surface area contributed by atoms with Crippen molar-refractivity contribution in [2.75, 3.05) is 12.3 Å². The van der Waals surface area contributed by atoms with Gasteiger partial charge in [0.05, 0.1) is 12.7 Å². The number of anilines is 1. The van der Waals surface area contributed by atoms with Crippen LogP contribution in [0.1, 0.15) is 12.6 Å². The van der Waals surface area contributed by atoms with Crippen molar-refractivity contribution in [1.29, 1.82) is 0 Å². The minimum absolute atomic E-state index is 0.105. The molecular formula is C11H14ClN3O4. The molecule has 1 aliphatic rings. The van der Waals surface area contributed by atoms with Gasteiger partial charge in [-0.05, 0) is 12.1 Å². The SMILES string of the molecule is Nc1ccn([C@H]2C[C@H](O)C(/C=C/Cl)(CO)O2)c(=O)n1. The topological polar surface area (TPSA) is 111 Å². The molecule has 2 heterocycles. The fourth-order valence-corrected chi connectivity index (χ4v) is 2.25. The Morgan fingerprint density at radius 1 is 1.74 bits per heavy atom. The molecule has 1 fully saturated rings. The molecule has 0 spiro atoms. The van der Waals surface area contributed by atoms with E-state index in [1.165, 1.54) is 22.9 Å². The molecule has 1 unspecified atom stereocenters. The van der Waals surface area contributed by atoms with Gasteiger partial charge in [0, 0.05) is 18.2 Å². The molecule has 0 bridgehead atoms. The molecule has 8 heteroatoms. The van der Waals surface area contributed by atoms with E-state index in [2.05, 4.69) is 4.98 Å². The highest BCUT2D eigenvalue weighted by Crippen LogP contribution is 2.37. The van der Waals surface area contributed by atoms with Crippen LogP contribution < -0.4 is 11.4 Å². The first-order chi connectivity index (χ1) is 9.02. The van der Waals surface area contributed by atoms with Crippen LogP contribution in [0.2, 0.25) is 0 Å². The Morgan fingerprint density at radius 2 is 2.47 bits per heavy atom. The van der Waals surface area contributed by atoms with E-state index in [0.717, 1.165) is 5.54 Å². The van der Waals surface area contributed by atoms with E-state index in [4.69, 9.17) is 22.1 Å². The molecule has 1 aromatic heterocycles. The zero-order valence-electron chi connectivity index (χ0n) is 9.94. The second-order valence-electron chi connectivity index (χ2n) is 4.27. The summed E-state index contributed by atoms with van der Waals surface area (Å²) < 4.78 is 6.78. The van der Waals surface area contributed by atoms with E-state index in [1.54, 1.807) is 0 Å². The predicted molar refractivity (Wildman–Crippen MR) is 68.5 cm³/mol. The third-order valence-corrected chi connectivity index (χ3v) is 3.22. The Bertz CT molecular complexity index is 547. The molecule has 3 atom stereocenters. The van der Waals surface area contributed by atoms with E-state index < -0.39 is 30.2 Å². The van der Waals surface area contributed by atoms with Crippen LogP contribution in [0.3, 0.4) is 0 Å². The highest BCUT2D eigenvalue weighted by atomic mass is 35.5. The van der Waals surface area contributed by atoms with Crippen molar-refractivity contribution < 1.29 is 14.9 Å². The van der Waals surface area contributed by atoms with Gasteiger partial charge in [-0.2, -0.15) is 4.98 Å². The number of rotatable bonds is 3. The molecule has 1 aromatic rings. The van der Waals surface area contributed by atoms with Gasteiger partial charge < -0.3 is 20.7 Å². The molecule has 4 N–H and O–H groups in total. The summed E-state index contributed by atoms with van der Waals surface area (Å²) in [4.78, 5) is 15.3. The van der Waals surface area contributed by atoms with Crippen molar-refractivity contribution in [3.8, 4) is 0 Å². The first kappa shape index (κ1) is 14.0. The Morgan fingerprint density at radius 3 is 3.05 bits per heavy atom. The molecule has 1 aliphatic heterocycles. The van der Waals surface area contributed by atoms with Gasteiger partial charge in [-0.25, -0.2) is 4.79 Å². The Hall–Kier alpha value is -1.41. The average Bonchev–Trinajstić information content (AvgIpc) is 2.67. The van der Waals surface area contributed by atoms with E-state index >= 15 is 0 Å². The number of hydrogen-bond donors (Lipinski definition) is 3. The van der Waals surface area contributed by atoms with Crippen molar-refractivity contribution in [1.82, 2.24) is 9.55 Å². The Kier molecular flexibility index (Phi) is 3.91. The maximum atomic E-state index is 11.7. The summed E-state index contributed by atoms with van der Waals surface area (Å²) in [6, 6.07) is 1.45. The van der Waals surface area contributed by atoms with Crippen LogP contribution in [0.4, 0.5) is 5.82 Å². The van der Waals surface area contributed by atoms with Crippen molar-refractivity contribution in [3.05, 3.63) is 34.4 Å². The van der Waals surface area contributed by atoms with E-state index in [9.17, 15) is 15.0 Å². The van der Waals surface area contributed by atoms with Gasteiger partial charge in [0.1, 0.15) is 17.6 Å². The van der Waals surface area contributed by atoms with Crippen LogP contribution >= 0.6 is 11.6 Å². The van der Waals surface area contributed by atoms with Gasteiger partial charge >= 0.3 is 5.69 Å². The zero-order chi connectivity index (χ0) is 14.0. The number of ether oxygens (including phenoxy) is 1. The third-order valence-electron chi connectivity index (χ3n) is 3.10. The number of aliphatic hydroxyl groups is 2. The normalized spacial score (nSPS) is 31.1. The van der Waals surface area contributed by atoms with Gasteiger partial charge in [0.25, 0.3) is 0 Å². The number of nitrogens with two attached hydrogens (primary N) is 1. The van der Waals surface area contributed by atoms with Crippen molar-refractivity contribution >= 4 is 17.4 Å². The molecule has 1 saturated heterocycles. The molecule has 2 rings (SSSR count). The maximum Gasteiger partial charge on any atom is 0.351 e. The number of hydrogen-bond acceptors (Lipinski definition) is 6. The van der Waals surface area contributed by atoms with E-state index in [-0.39, 0.29) is 12.2 Å². The van der Waals surface area contributed by atoms with E-state index in [0.29, 0.717) is 0 Å². The number of halogens is 1. The quantitative estimate of drug-likeness (QED) is 0.697. The van der Waals surface area contributed by atoms with Crippen LogP contribution in [0, 0.1) is 0 Å². The molecule has 0 radical (unpaired) electrons. The minimum atomic E-state index is -1.31. The highest BCUT2D eigenvalue weighted by Gasteiger charge is 2.46. The summed E-state index contributed by atoms with van der Waals surface area (Å²) in [7, 11) is 0. The summed E-state index contributed by atoms with van der Waals surface area (Å²) in [6.07, 6.45) is 1.19. The lowest BCUT2D eigenvalue weighted by Gasteiger charge is -2.26. The highest BCUT2D eigenvalue weighted by molar-refractivity contribution is 6.25. The zero-order valence-corrected chi connectivity index (χ0v) is 10.7. The van der Waals surface area contributed by atoms with Gasteiger partial charge in [0.15, 0.2) is 0 Å². The fraction of sp³-hybridized carbons (Fsp3) is 0.455. The van der Waals surface area contributed by atoms with Crippen LogP contribution in [-0.4, -0.2) is 38.1 Å². The van der Waals surface area contributed by atoms with Crippen molar-refractivity contribution in [2.24, 2.45) is 0 Å². The largest absolute Gasteiger partial charge is 0.393 e. The monoisotopic (exact) mass is 287 g/mol. The predicted octanol–water partition coefficient (Wildman–Crippen LogP) is -0.411. The summed E-state index contributed by atoms with van der Waals surface area (Å²) in [5, 5.41) is 19.4. The third kappa shape index (κ3) is 2.50. The number of aromatic nitrogens is 2. The smallest absolute Gasteiger partial charge is 0.351 e. The van der Waals surface area contributed by atoms with E-state index in [1.807, 2.05) is 0 Å². The number of aliphatic hydroxyl groups excluding tert-OH is 2. The van der Waals surface area contributed by atoms with Gasteiger partial charge in [-0.1, -0.05) is 11.6 Å². The Balaban J connectivity index is 2.32. The van der Waals surface area contributed by atoms with Crippen molar-refractivity contribution in [2.45, 2.75) is 24.4 Å². The van der Waals surface area contributed by atoms with Gasteiger partial charge in [0.2, 0.25) is 0 Å². The summed E-state index contributed by atoms with van der Waals surface area (Å²) in [6.45, 7) is -0.453. The first-order valence-electron chi connectivity index (χ1n) is 5.62. The number of nitrogen functional groups attached to an aromatic ring is 1. The molecule has 0 amide bonds. The summed E-state index contributed by atoms with van der Waals surface area (Å²) in [5.41, 5.74) is 4.66. The van der Waals surface area contributed by atoms with Crippen LogP contribution in [0.25, 0.3) is 0 Å². The molecular weight excluding hydrogens is 274 g/mol. The molecule has 7 nitrogen and oxygen atoms in total. The lowest BCUT2D eigenvalue weighted by Crippen LogP contribution is -2.41. The summed E-state index contributed by atoms with van der Waals surface area (Å²) in [5.74, 6) is 0.105. The van der Waals surface area contributed by atoms with Gasteiger partial charge in [-0.3, -0.25) is 4.57 Å². The first-order valence-corrected chi connectivity index (χ1v) is 6.05. The average molecular weight is 288 g/mol. The lowest BCUT2D eigenvalue weighted by molar-refractivity contribution is -0.0974. The molecule has 0 aromatic carbocycles. The van der Waals surface area contributed by atoms with Gasteiger partial charge in [-0.15, -0.1) is 0 Å². The van der Waals surface area contributed by atoms with Crippen LogP contribution in [-0.2, 0) is 4.74 Å². The standard InChI is InChI=1S/C11H14ClN3O4/c12-3-2-11(6-16)7(17)5-9(19-11)15-4-1-8(13)14-10(15)18/h1-4,7,9,16-17H,5-6H2,(H2,13,14,18)/b3-2+/t7-,9+,11?/m0/s1. The second-order valence-corrected chi connectivity index (χ2v) is 4.52. The molecule has 104 valence electrons. The molecule has 0 saturated carbocycles. The molecule has 0 aliphatic carbocycles. The number of nitrogens with zero attached hydrogens (tertiary/aromatic N) is 2. The second kappa shape index (κ2) is 5.30. The van der Waals surface area contributed by atoms with Crippen molar-refractivity contribution in [3.63, 3.8) is 0 Å². The Labute approximate surface area is 113 Å². The van der Waals surface area contributed by atoms with Crippen LogP contribution in [0.15, 0.2) is 28.7 Å². The maximum absolute atomic E-state index is 11.7. The summed E-state index contributed by atoms with van der Waals surface area (Å²) >= 11 is 5.48. The van der Waals surface area contributed by atoms with Crippen LogP contribution in [0.5, 0.6) is 0 Å². The lowest BCUT2D eigenvalue weighted by atomic mass is 9.98.